The van der Waals surface area contributed by atoms with E-state index < -0.39 is 12.1 Å². The standard InChI is InChI=1S/C16H20FN3O3/c1-9(21)7-19-16(23)15(20-10(2)22)5-11-8-18-14-6-12(17)3-4-13(11)14/h3-4,6,8-9,15,18,21H,5,7H2,1-2H3,(H,19,23)(H,20,22). The van der Waals surface area contributed by atoms with Crippen molar-refractivity contribution in [1.29, 1.82) is 0 Å². The van der Waals surface area contributed by atoms with Crippen molar-refractivity contribution in [3.63, 3.8) is 0 Å². The van der Waals surface area contributed by atoms with Crippen molar-refractivity contribution in [2.24, 2.45) is 0 Å². The summed E-state index contributed by atoms with van der Waals surface area (Å²) in [5.41, 5.74) is 1.43. The smallest absolute Gasteiger partial charge is 0.243 e. The molecule has 0 aliphatic carbocycles. The molecule has 0 saturated heterocycles. The second-order valence-electron chi connectivity index (χ2n) is 5.56. The zero-order valence-electron chi connectivity index (χ0n) is 13.0. The van der Waals surface area contributed by atoms with Gasteiger partial charge in [-0.25, -0.2) is 4.39 Å². The Labute approximate surface area is 133 Å². The molecule has 2 rings (SSSR count). The van der Waals surface area contributed by atoms with Gasteiger partial charge in [-0.3, -0.25) is 9.59 Å². The molecule has 7 heteroatoms. The number of rotatable bonds is 6. The summed E-state index contributed by atoms with van der Waals surface area (Å²) in [7, 11) is 0. The zero-order chi connectivity index (χ0) is 17.0. The number of hydrogen-bond donors (Lipinski definition) is 4. The normalized spacial score (nSPS) is 13.6. The fraction of sp³-hybridized carbons (Fsp3) is 0.375. The number of benzene rings is 1. The molecule has 0 saturated carbocycles. The number of carbonyl (C=O) groups excluding carboxylic acids is 2. The van der Waals surface area contributed by atoms with Crippen LogP contribution in [-0.4, -0.2) is 40.6 Å². The highest BCUT2D eigenvalue weighted by atomic mass is 19.1. The van der Waals surface area contributed by atoms with Crippen molar-refractivity contribution in [3.8, 4) is 0 Å². The van der Waals surface area contributed by atoms with Gasteiger partial charge in [-0.15, -0.1) is 0 Å². The molecule has 0 radical (unpaired) electrons. The topological polar surface area (TPSA) is 94.2 Å². The summed E-state index contributed by atoms with van der Waals surface area (Å²) in [5.74, 6) is -1.05. The molecule has 0 aliphatic rings. The summed E-state index contributed by atoms with van der Waals surface area (Å²) in [6.07, 6.45) is 1.28. The van der Waals surface area contributed by atoms with Crippen LogP contribution in [0.15, 0.2) is 24.4 Å². The fourth-order valence-corrected chi connectivity index (χ4v) is 2.37. The molecule has 23 heavy (non-hydrogen) atoms. The first-order valence-corrected chi connectivity index (χ1v) is 7.35. The Hall–Kier alpha value is -2.41. The fourth-order valence-electron chi connectivity index (χ4n) is 2.37. The molecule has 0 spiro atoms. The summed E-state index contributed by atoms with van der Waals surface area (Å²) < 4.78 is 13.2. The van der Waals surface area contributed by atoms with E-state index in [2.05, 4.69) is 15.6 Å². The van der Waals surface area contributed by atoms with Crippen molar-refractivity contribution in [2.75, 3.05) is 6.54 Å². The van der Waals surface area contributed by atoms with E-state index in [9.17, 15) is 19.1 Å². The summed E-state index contributed by atoms with van der Waals surface area (Å²) in [5, 5.41) is 15.2. The van der Waals surface area contributed by atoms with Crippen LogP contribution in [0.5, 0.6) is 0 Å². The Morgan fingerprint density at radius 2 is 2.13 bits per heavy atom. The zero-order valence-corrected chi connectivity index (χ0v) is 13.0. The third-order valence-electron chi connectivity index (χ3n) is 3.42. The molecule has 2 unspecified atom stereocenters. The first-order valence-electron chi connectivity index (χ1n) is 7.35. The first-order chi connectivity index (χ1) is 10.9. The summed E-state index contributed by atoms with van der Waals surface area (Å²) in [4.78, 5) is 26.5. The van der Waals surface area contributed by atoms with Crippen LogP contribution < -0.4 is 10.6 Å². The van der Waals surface area contributed by atoms with Gasteiger partial charge >= 0.3 is 0 Å². The minimum absolute atomic E-state index is 0.105. The Kier molecular flexibility index (Phi) is 5.33. The average Bonchev–Trinajstić information content (AvgIpc) is 2.85. The van der Waals surface area contributed by atoms with Gasteiger partial charge in [-0.1, -0.05) is 0 Å². The molecular formula is C16H20FN3O3. The van der Waals surface area contributed by atoms with Gasteiger partial charge in [0.05, 0.1) is 6.10 Å². The summed E-state index contributed by atoms with van der Waals surface area (Å²) in [6, 6.07) is 3.59. The van der Waals surface area contributed by atoms with E-state index in [-0.39, 0.29) is 30.6 Å². The van der Waals surface area contributed by atoms with Gasteiger partial charge in [0.25, 0.3) is 0 Å². The highest BCUT2D eigenvalue weighted by Crippen LogP contribution is 2.20. The van der Waals surface area contributed by atoms with Gasteiger partial charge in [0.2, 0.25) is 11.8 Å². The van der Waals surface area contributed by atoms with Crippen LogP contribution in [0, 0.1) is 5.82 Å². The number of nitrogens with one attached hydrogen (secondary N) is 3. The molecule has 6 nitrogen and oxygen atoms in total. The van der Waals surface area contributed by atoms with Gasteiger partial charge in [0, 0.05) is 37.0 Å². The van der Waals surface area contributed by atoms with Crippen LogP contribution in [0.1, 0.15) is 19.4 Å². The maximum atomic E-state index is 13.2. The highest BCUT2D eigenvalue weighted by molar-refractivity contribution is 5.89. The molecule has 0 bridgehead atoms. The number of aromatic amines is 1. The number of aliphatic hydroxyl groups is 1. The molecule has 2 amide bonds. The van der Waals surface area contributed by atoms with Crippen LogP contribution in [0.25, 0.3) is 10.9 Å². The van der Waals surface area contributed by atoms with Gasteiger partial charge in [0.15, 0.2) is 0 Å². The van der Waals surface area contributed by atoms with E-state index in [1.807, 2.05) is 0 Å². The average molecular weight is 321 g/mol. The quantitative estimate of drug-likeness (QED) is 0.635. The lowest BCUT2D eigenvalue weighted by molar-refractivity contribution is -0.128. The number of amides is 2. The lowest BCUT2D eigenvalue weighted by atomic mass is 10.0. The molecule has 1 heterocycles. The minimum atomic E-state index is -0.768. The van der Waals surface area contributed by atoms with Crippen molar-refractivity contribution >= 4 is 22.7 Å². The SMILES string of the molecule is CC(=O)NC(Cc1c[nH]c2cc(F)ccc12)C(=O)NCC(C)O. The molecule has 2 atom stereocenters. The van der Waals surface area contributed by atoms with E-state index in [0.29, 0.717) is 5.52 Å². The van der Waals surface area contributed by atoms with Crippen molar-refractivity contribution in [2.45, 2.75) is 32.4 Å². The second kappa shape index (κ2) is 7.23. The Morgan fingerprint density at radius 1 is 1.39 bits per heavy atom. The summed E-state index contributed by atoms with van der Waals surface area (Å²) >= 11 is 0. The first kappa shape index (κ1) is 17.0. The summed E-state index contributed by atoms with van der Waals surface area (Å²) in [6.45, 7) is 3.00. The van der Waals surface area contributed by atoms with Gasteiger partial charge in [-0.05, 0) is 30.7 Å². The number of fused-ring (bicyclic) bond motifs is 1. The number of aromatic nitrogens is 1. The largest absolute Gasteiger partial charge is 0.392 e. The maximum absolute atomic E-state index is 13.2. The van der Waals surface area contributed by atoms with Crippen LogP contribution in [0.3, 0.4) is 0 Å². The van der Waals surface area contributed by atoms with Crippen molar-refractivity contribution in [3.05, 3.63) is 35.8 Å². The van der Waals surface area contributed by atoms with Gasteiger partial charge in [-0.2, -0.15) is 0 Å². The predicted molar refractivity (Wildman–Crippen MR) is 84.3 cm³/mol. The van der Waals surface area contributed by atoms with Gasteiger partial charge in [0.1, 0.15) is 11.9 Å². The van der Waals surface area contributed by atoms with Crippen LogP contribution in [-0.2, 0) is 16.0 Å². The number of hydrogen-bond acceptors (Lipinski definition) is 3. The molecule has 4 N–H and O–H groups in total. The third kappa shape index (κ3) is 4.53. The van der Waals surface area contributed by atoms with Crippen LogP contribution in [0.2, 0.25) is 0 Å². The van der Waals surface area contributed by atoms with Crippen LogP contribution in [0.4, 0.5) is 4.39 Å². The van der Waals surface area contributed by atoms with Crippen molar-refractivity contribution < 1.29 is 19.1 Å². The highest BCUT2D eigenvalue weighted by Gasteiger charge is 2.21. The molecule has 1 aromatic carbocycles. The van der Waals surface area contributed by atoms with Gasteiger partial charge < -0.3 is 20.7 Å². The monoisotopic (exact) mass is 321 g/mol. The Bertz CT molecular complexity index is 712. The third-order valence-corrected chi connectivity index (χ3v) is 3.42. The molecule has 0 aliphatic heterocycles. The van der Waals surface area contributed by atoms with E-state index in [4.69, 9.17) is 0 Å². The Morgan fingerprint density at radius 3 is 2.78 bits per heavy atom. The van der Waals surface area contributed by atoms with E-state index in [1.54, 1.807) is 19.2 Å². The molecule has 1 aromatic heterocycles. The predicted octanol–water partition coefficient (Wildman–Crippen LogP) is 0.851. The second-order valence-corrected chi connectivity index (χ2v) is 5.56. The Balaban J connectivity index is 2.18. The lowest BCUT2D eigenvalue weighted by Gasteiger charge is -2.18. The van der Waals surface area contributed by atoms with E-state index in [1.165, 1.54) is 19.1 Å². The number of carbonyl (C=O) groups is 2. The minimum Gasteiger partial charge on any atom is -0.392 e. The molecule has 0 fully saturated rings. The number of halogens is 1. The lowest BCUT2D eigenvalue weighted by Crippen LogP contribution is -2.48. The van der Waals surface area contributed by atoms with Crippen molar-refractivity contribution in [1.82, 2.24) is 15.6 Å². The van der Waals surface area contributed by atoms with Crippen LogP contribution >= 0.6 is 0 Å². The number of aliphatic hydroxyl groups excluding tert-OH is 1. The number of H-pyrrole nitrogens is 1. The van der Waals surface area contributed by atoms with E-state index >= 15 is 0 Å². The molecule has 2 aromatic rings. The molecule has 124 valence electrons. The van der Waals surface area contributed by atoms with E-state index in [0.717, 1.165) is 10.9 Å². The molecular weight excluding hydrogens is 301 g/mol. The maximum Gasteiger partial charge on any atom is 0.243 e.